The van der Waals surface area contributed by atoms with Gasteiger partial charge in [-0.2, -0.15) is 0 Å². The zero-order valence-corrected chi connectivity index (χ0v) is 11.5. The Morgan fingerprint density at radius 2 is 1.87 bits per heavy atom. The van der Waals surface area contributed by atoms with E-state index < -0.39 is 0 Å². The molecular formula is C13H19BrO. The van der Waals surface area contributed by atoms with Gasteiger partial charge in [-0.15, -0.1) is 0 Å². The maximum absolute atomic E-state index is 5.72. The first-order valence-corrected chi connectivity index (χ1v) is 6.23. The molecule has 0 heterocycles. The molecule has 1 aromatic rings. The van der Waals surface area contributed by atoms with Gasteiger partial charge in [-0.05, 0) is 59.8 Å². The third kappa shape index (κ3) is 4.25. The Hall–Kier alpha value is -0.500. The molecule has 1 rings (SSSR count). The van der Waals surface area contributed by atoms with Crippen molar-refractivity contribution in [1.82, 2.24) is 0 Å². The molecule has 0 saturated heterocycles. The van der Waals surface area contributed by atoms with Gasteiger partial charge in [-0.1, -0.05) is 19.9 Å². The first kappa shape index (κ1) is 12.6. The summed E-state index contributed by atoms with van der Waals surface area (Å²) in [6.45, 7) is 8.54. The van der Waals surface area contributed by atoms with E-state index in [-0.39, 0.29) is 6.10 Å². The number of halogens is 1. The summed E-state index contributed by atoms with van der Waals surface area (Å²) >= 11 is 3.50. The Balaban J connectivity index is 2.85. The minimum absolute atomic E-state index is 0.218. The molecule has 84 valence electrons. The Labute approximate surface area is 101 Å². The van der Waals surface area contributed by atoms with Crippen molar-refractivity contribution < 1.29 is 4.74 Å². The van der Waals surface area contributed by atoms with Crippen molar-refractivity contribution >= 4 is 15.9 Å². The molecular weight excluding hydrogens is 252 g/mol. The van der Waals surface area contributed by atoms with Gasteiger partial charge in [-0.25, -0.2) is 0 Å². The van der Waals surface area contributed by atoms with Crippen LogP contribution in [0, 0.1) is 5.92 Å². The summed E-state index contributed by atoms with van der Waals surface area (Å²) in [6.07, 6.45) is 1.32. The molecule has 0 radical (unpaired) electrons. The first-order valence-electron chi connectivity index (χ1n) is 5.44. The van der Waals surface area contributed by atoms with Crippen molar-refractivity contribution in [2.24, 2.45) is 5.92 Å². The van der Waals surface area contributed by atoms with Gasteiger partial charge in [0.25, 0.3) is 0 Å². The average Bonchev–Trinajstić information content (AvgIpc) is 2.09. The lowest BCUT2D eigenvalue weighted by molar-refractivity contribution is 0.240. The summed E-state index contributed by atoms with van der Waals surface area (Å²) in [5.41, 5.74) is 1.34. The number of ether oxygens (including phenoxy) is 1. The van der Waals surface area contributed by atoms with Crippen LogP contribution in [0.2, 0.25) is 0 Å². The predicted octanol–water partition coefficient (Wildman–Crippen LogP) is 4.43. The quantitative estimate of drug-likeness (QED) is 0.786. The van der Waals surface area contributed by atoms with Crippen molar-refractivity contribution in [1.29, 1.82) is 0 Å². The normalized spacial score (nSPS) is 11.1. The van der Waals surface area contributed by atoms with Crippen LogP contribution >= 0.6 is 15.9 Å². The van der Waals surface area contributed by atoms with E-state index in [0.717, 1.165) is 16.6 Å². The maximum atomic E-state index is 5.72. The Bertz CT molecular complexity index is 318. The summed E-state index contributed by atoms with van der Waals surface area (Å²) in [5, 5.41) is 0. The summed E-state index contributed by atoms with van der Waals surface area (Å²) in [5.74, 6) is 1.63. The second kappa shape index (κ2) is 5.55. The molecule has 2 heteroatoms. The van der Waals surface area contributed by atoms with E-state index >= 15 is 0 Å². The SMILES string of the molecule is CC(C)Cc1ccc(Br)c(OC(C)C)c1. The molecule has 0 N–H and O–H groups in total. The van der Waals surface area contributed by atoms with Crippen molar-refractivity contribution in [2.45, 2.75) is 40.2 Å². The van der Waals surface area contributed by atoms with E-state index in [9.17, 15) is 0 Å². The minimum Gasteiger partial charge on any atom is -0.490 e. The highest BCUT2D eigenvalue weighted by molar-refractivity contribution is 9.10. The molecule has 0 aromatic heterocycles. The zero-order valence-electron chi connectivity index (χ0n) is 9.88. The molecule has 0 aliphatic carbocycles. The molecule has 0 amide bonds. The second-order valence-electron chi connectivity index (χ2n) is 4.53. The van der Waals surface area contributed by atoms with E-state index in [1.807, 2.05) is 13.8 Å². The van der Waals surface area contributed by atoms with Gasteiger partial charge in [-0.3, -0.25) is 0 Å². The summed E-state index contributed by atoms with van der Waals surface area (Å²) < 4.78 is 6.75. The van der Waals surface area contributed by atoms with E-state index in [1.54, 1.807) is 0 Å². The molecule has 1 aromatic carbocycles. The van der Waals surface area contributed by atoms with Crippen LogP contribution < -0.4 is 4.74 Å². The molecule has 0 unspecified atom stereocenters. The van der Waals surface area contributed by atoms with Crippen LogP contribution in [0.15, 0.2) is 22.7 Å². The van der Waals surface area contributed by atoms with E-state index in [4.69, 9.17) is 4.74 Å². The third-order valence-electron chi connectivity index (χ3n) is 2.00. The fourth-order valence-corrected chi connectivity index (χ4v) is 1.83. The molecule has 15 heavy (non-hydrogen) atoms. The average molecular weight is 271 g/mol. The van der Waals surface area contributed by atoms with Gasteiger partial charge < -0.3 is 4.74 Å². The zero-order chi connectivity index (χ0) is 11.4. The highest BCUT2D eigenvalue weighted by Crippen LogP contribution is 2.27. The summed E-state index contributed by atoms with van der Waals surface area (Å²) in [6, 6.07) is 6.34. The van der Waals surface area contributed by atoms with Gasteiger partial charge in [0.05, 0.1) is 10.6 Å². The molecule has 0 bridgehead atoms. The number of benzene rings is 1. The van der Waals surface area contributed by atoms with Crippen LogP contribution in [0.5, 0.6) is 5.75 Å². The minimum atomic E-state index is 0.218. The third-order valence-corrected chi connectivity index (χ3v) is 2.66. The van der Waals surface area contributed by atoms with E-state index in [1.165, 1.54) is 5.56 Å². The van der Waals surface area contributed by atoms with Crippen LogP contribution in [0.3, 0.4) is 0 Å². The first-order chi connectivity index (χ1) is 6.99. The van der Waals surface area contributed by atoms with Crippen LogP contribution in [0.25, 0.3) is 0 Å². The van der Waals surface area contributed by atoms with Crippen LogP contribution in [-0.4, -0.2) is 6.10 Å². The van der Waals surface area contributed by atoms with Crippen molar-refractivity contribution in [3.63, 3.8) is 0 Å². The fraction of sp³-hybridized carbons (Fsp3) is 0.538. The molecule has 0 aliphatic rings. The Morgan fingerprint density at radius 1 is 1.20 bits per heavy atom. The molecule has 0 spiro atoms. The largest absolute Gasteiger partial charge is 0.490 e. The highest BCUT2D eigenvalue weighted by Gasteiger charge is 2.06. The van der Waals surface area contributed by atoms with E-state index in [2.05, 4.69) is 48.0 Å². The summed E-state index contributed by atoms with van der Waals surface area (Å²) in [7, 11) is 0. The number of rotatable bonds is 4. The van der Waals surface area contributed by atoms with Crippen molar-refractivity contribution in [2.75, 3.05) is 0 Å². The summed E-state index contributed by atoms with van der Waals surface area (Å²) in [4.78, 5) is 0. The molecule has 0 aliphatic heterocycles. The molecule has 1 nitrogen and oxygen atoms in total. The second-order valence-corrected chi connectivity index (χ2v) is 5.38. The lowest BCUT2D eigenvalue weighted by Crippen LogP contribution is -2.06. The van der Waals surface area contributed by atoms with Crippen LogP contribution in [-0.2, 0) is 6.42 Å². The molecule has 0 saturated carbocycles. The standard InChI is InChI=1S/C13H19BrO/c1-9(2)7-11-5-6-12(14)13(8-11)15-10(3)4/h5-6,8-10H,7H2,1-4H3. The highest BCUT2D eigenvalue weighted by atomic mass is 79.9. The van der Waals surface area contributed by atoms with Gasteiger partial charge in [0.2, 0.25) is 0 Å². The fourth-order valence-electron chi connectivity index (χ4n) is 1.49. The van der Waals surface area contributed by atoms with Gasteiger partial charge in [0, 0.05) is 0 Å². The molecule has 0 atom stereocenters. The topological polar surface area (TPSA) is 9.23 Å². The van der Waals surface area contributed by atoms with E-state index in [0.29, 0.717) is 5.92 Å². The smallest absolute Gasteiger partial charge is 0.134 e. The monoisotopic (exact) mass is 270 g/mol. The van der Waals surface area contributed by atoms with Gasteiger partial charge in [0.15, 0.2) is 0 Å². The molecule has 0 fully saturated rings. The number of hydrogen-bond donors (Lipinski definition) is 0. The van der Waals surface area contributed by atoms with Gasteiger partial charge >= 0.3 is 0 Å². The number of hydrogen-bond acceptors (Lipinski definition) is 1. The predicted molar refractivity (Wildman–Crippen MR) is 68.4 cm³/mol. The maximum Gasteiger partial charge on any atom is 0.134 e. The van der Waals surface area contributed by atoms with Crippen LogP contribution in [0.1, 0.15) is 33.3 Å². The Kier molecular flexibility index (Phi) is 4.65. The van der Waals surface area contributed by atoms with Crippen LogP contribution in [0.4, 0.5) is 0 Å². The lowest BCUT2D eigenvalue weighted by atomic mass is 10.0. The van der Waals surface area contributed by atoms with Gasteiger partial charge in [0.1, 0.15) is 5.75 Å². The lowest BCUT2D eigenvalue weighted by Gasteiger charge is -2.13. The van der Waals surface area contributed by atoms with Crippen molar-refractivity contribution in [3.8, 4) is 5.75 Å². The van der Waals surface area contributed by atoms with Crippen molar-refractivity contribution in [3.05, 3.63) is 28.2 Å². The Morgan fingerprint density at radius 3 is 2.40 bits per heavy atom.